The van der Waals surface area contributed by atoms with Crippen LogP contribution < -0.4 is 15.0 Å². The van der Waals surface area contributed by atoms with Crippen LogP contribution in [0.25, 0.3) is 0 Å². The molecule has 3 heteroatoms. The van der Waals surface area contributed by atoms with E-state index in [1.165, 1.54) is 12.1 Å². The van der Waals surface area contributed by atoms with Gasteiger partial charge in [0.05, 0.1) is 7.11 Å². The van der Waals surface area contributed by atoms with E-state index in [-0.39, 0.29) is 0 Å². The monoisotopic (exact) mass is 234 g/mol. The third kappa shape index (κ3) is 2.91. The summed E-state index contributed by atoms with van der Waals surface area (Å²) in [6.07, 6.45) is 1.27. The third-order valence-electron chi connectivity index (χ3n) is 3.69. The van der Waals surface area contributed by atoms with Gasteiger partial charge < -0.3 is 15.0 Å². The van der Waals surface area contributed by atoms with Gasteiger partial charge in [-0.15, -0.1) is 0 Å². The Morgan fingerprint density at radius 3 is 2.94 bits per heavy atom. The molecule has 1 fully saturated rings. The smallest absolute Gasteiger partial charge is 0.120 e. The minimum absolute atomic E-state index is 0.628. The first kappa shape index (κ1) is 12.2. The van der Waals surface area contributed by atoms with Crippen molar-refractivity contribution < 1.29 is 4.74 Å². The second-order valence-corrected chi connectivity index (χ2v) is 4.87. The molecule has 2 atom stereocenters. The predicted molar refractivity (Wildman–Crippen MR) is 71.8 cm³/mol. The van der Waals surface area contributed by atoms with E-state index in [0.29, 0.717) is 6.04 Å². The van der Waals surface area contributed by atoms with Gasteiger partial charge in [-0.3, -0.25) is 0 Å². The van der Waals surface area contributed by atoms with Gasteiger partial charge in [0.25, 0.3) is 0 Å². The summed E-state index contributed by atoms with van der Waals surface area (Å²) in [4.78, 5) is 2.32. The van der Waals surface area contributed by atoms with Gasteiger partial charge in [0.15, 0.2) is 0 Å². The molecule has 2 rings (SSSR count). The van der Waals surface area contributed by atoms with E-state index in [9.17, 15) is 0 Å². The SMILES string of the molecule is COc1cccc(N(C)CC2CCNC2C)c1. The number of methoxy groups -OCH3 is 1. The largest absolute Gasteiger partial charge is 0.497 e. The van der Waals surface area contributed by atoms with Crippen LogP contribution in [0.1, 0.15) is 13.3 Å². The van der Waals surface area contributed by atoms with Crippen LogP contribution in [-0.2, 0) is 0 Å². The molecule has 0 aliphatic carbocycles. The highest BCUT2D eigenvalue weighted by atomic mass is 16.5. The summed E-state index contributed by atoms with van der Waals surface area (Å²) >= 11 is 0. The van der Waals surface area contributed by atoms with E-state index >= 15 is 0 Å². The number of hydrogen-bond acceptors (Lipinski definition) is 3. The van der Waals surface area contributed by atoms with E-state index in [0.717, 1.165) is 24.8 Å². The lowest BCUT2D eigenvalue weighted by Crippen LogP contribution is -2.32. The maximum Gasteiger partial charge on any atom is 0.120 e. The number of hydrogen-bond donors (Lipinski definition) is 1. The number of anilines is 1. The summed E-state index contributed by atoms with van der Waals surface area (Å²) in [5, 5.41) is 3.50. The van der Waals surface area contributed by atoms with Gasteiger partial charge in [-0.05, 0) is 37.9 Å². The van der Waals surface area contributed by atoms with E-state index in [1.807, 2.05) is 12.1 Å². The number of nitrogens with one attached hydrogen (secondary N) is 1. The van der Waals surface area contributed by atoms with Gasteiger partial charge in [-0.2, -0.15) is 0 Å². The lowest BCUT2D eigenvalue weighted by Gasteiger charge is -2.25. The Hall–Kier alpha value is -1.22. The van der Waals surface area contributed by atoms with Crippen molar-refractivity contribution >= 4 is 5.69 Å². The van der Waals surface area contributed by atoms with Crippen LogP contribution in [0.15, 0.2) is 24.3 Å². The molecule has 1 heterocycles. The van der Waals surface area contributed by atoms with Crippen LogP contribution in [0.2, 0.25) is 0 Å². The molecule has 1 saturated heterocycles. The zero-order valence-corrected chi connectivity index (χ0v) is 10.9. The molecule has 3 nitrogen and oxygen atoms in total. The fourth-order valence-corrected chi connectivity index (χ4v) is 2.47. The normalized spacial score (nSPS) is 23.7. The average Bonchev–Trinajstić information content (AvgIpc) is 2.75. The lowest BCUT2D eigenvalue weighted by atomic mass is 10.0. The topological polar surface area (TPSA) is 24.5 Å². The standard InChI is InChI=1S/C14H22N2O/c1-11-12(7-8-15-11)10-16(2)13-5-4-6-14(9-13)17-3/h4-6,9,11-12,15H,7-8,10H2,1-3H3. The molecular weight excluding hydrogens is 212 g/mol. The molecule has 0 radical (unpaired) electrons. The third-order valence-corrected chi connectivity index (χ3v) is 3.69. The second-order valence-electron chi connectivity index (χ2n) is 4.87. The summed E-state index contributed by atoms with van der Waals surface area (Å²) in [6, 6.07) is 8.88. The van der Waals surface area contributed by atoms with Gasteiger partial charge in [-0.25, -0.2) is 0 Å². The van der Waals surface area contributed by atoms with Crippen LogP contribution in [0.3, 0.4) is 0 Å². The maximum atomic E-state index is 5.26. The zero-order chi connectivity index (χ0) is 12.3. The van der Waals surface area contributed by atoms with E-state index in [1.54, 1.807) is 7.11 Å². The highest BCUT2D eigenvalue weighted by molar-refractivity contribution is 5.50. The molecular formula is C14H22N2O. The van der Waals surface area contributed by atoms with Crippen molar-refractivity contribution in [2.75, 3.05) is 32.1 Å². The van der Waals surface area contributed by atoms with Crippen molar-refractivity contribution in [3.05, 3.63) is 24.3 Å². The minimum atomic E-state index is 0.628. The molecule has 0 aromatic heterocycles. The van der Waals surface area contributed by atoms with Crippen molar-refractivity contribution in [3.63, 3.8) is 0 Å². The molecule has 1 aliphatic heterocycles. The van der Waals surface area contributed by atoms with Crippen LogP contribution >= 0.6 is 0 Å². The Bertz CT molecular complexity index is 367. The van der Waals surface area contributed by atoms with Gasteiger partial charge >= 0.3 is 0 Å². The Kier molecular flexibility index (Phi) is 3.89. The van der Waals surface area contributed by atoms with Crippen molar-refractivity contribution in [3.8, 4) is 5.75 Å². The Balaban J connectivity index is 2.00. The molecule has 1 aromatic rings. The number of rotatable bonds is 4. The second kappa shape index (κ2) is 5.41. The molecule has 0 amide bonds. The van der Waals surface area contributed by atoms with E-state index < -0.39 is 0 Å². The molecule has 1 aliphatic rings. The summed E-state index contributed by atoms with van der Waals surface area (Å²) in [5.74, 6) is 1.66. The van der Waals surface area contributed by atoms with Gasteiger partial charge in [0.2, 0.25) is 0 Å². The Labute approximate surface area is 104 Å². The molecule has 1 aromatic carbocycles. The van der Waals surface area contributed by atoms with Gasteiger partial charge in [0.1, 0.15) is 5.75 Å². The van der Waals surface area contributed by atoms with Crippen molar-refractivity contribution in [2.24, 2.45) is 5.92 Å². The summed E-state index contributed by atoms with van der Waals surface area (Å²) in [7, 11) is 3.86. The van der Waals surface area contributed by atoms with E-state index in [2.05, 4.69) is 36.3 Å². The molecule has 0 saturated carbocycles. The molecule has 94 valence electrons. The van der Waals surface area contributed by atoms with Crippen LogP contribution in [0.4, 0.5) is 5.69 Å². The fraction of sp³-hybridized carbons (Fsp3) is 0.571. The minimum Gasteiger partial charge on any atom is -0.497 e. The number of ether oxygens (including phenoxy) is 1. The quantitative estimate of drug-likeness (QED) is 0.863. The number of nitrogens with zero attached hydrogens (tertiary/aromatic N) is 1. The summed E-state index contributed by atoms with van der Waals surface area (Å²) in [5.41, 5.74) is 1.23. The first-order valence-electron chi connectivity index (χ1n) is 6.29. The first-order valence-corrected chi connectivity index (χ1v) is 6.29. The highest BCUT2D eigenvalue weighted by Gasteiger charge is 2.23. The molecule has 2 unspecified atom stereocenters. The Morgan fingerprint density at radius 2 is 2.29 bits per heavy atom. The highest BCUT2D eigenvalue weighted by Crippen LogP contribution is 2.23. The first-order chi connectivity index (χ1) is 8.20. The number of benzene rings is 1. The van der Waals surface area contributed by atoms with Crippen LogP contribution in [0, 0.1) is 5.92 Å². The average molecular weight is 234 g/mol. The van der Waals surface area contributed by atoms with E-state index in [4.69, 9.17) is 4.74 Å². The zero-order valence-electron chi connectivity index (χ0n) is 10.9. The molecule has 0 spiro atoms. The van der Waals surface area contributed by atoms with Crippen molar-refractivity contribution in [1.29, 1.82) is 0 Å². The maximum absolute atomic E-state index is 5.26. The molecule has 17 heavy (non-hydrogen) atoms. The summed E-state index contributed by atoms with van der Waals surface area (Å²) in [6.45, 7) is 4.52. The molecule has 0 bridgehead atoms. The molecule has 1 N–H and O–H groups in total. The van der Waals surface area contributed by atoms with Gasteiger partial charge in [0, 0.05) is 31.4 Å². The summed E-state index contributed by atoms with van der Waals surface area (Å²) < 4.78 is 5.26. The lowest BCUT2D eigenvalue weighted by molar-refractivity contribution is 0.414. The van der Waals surface area contributed by atoms with Gasteiger partial charge in [-0.1, -0.05) is 6.07 Å². The van der Waals surface area contributed by atoms with Crippen molar-refractivity contribution in [2.45, 2.75) is 19.4 Å². The predicted octanol–water partition coefficient (Wildman–Crippen LogP) is 2.13. The van der Waals surface area contributed by atoms with Crippen molar-refractivity contribution in [1.82, 2.24) is 5.32 Å². The fourth-order valence-electron chi connectivity index (χ4n) is 2.47. The van der Waals surface area contributed by atoms with Crippen LogP contribution in [0.5, 0.6) is 5.75 Å². The Morgan fingerprint density at radius 1 is 1.47 bits per heavy atom. The van der Waals surface area contributed by atoms with Crippen LogP contribution in [-0.4, -0.2) is 33.3 Å².